The van der Waals surface area contributed by atoms with Crippen LogP contribution in [0.4, 0.5) is 0 Å². The van der Waals surface area contributed by atoms with Crippen LogP contribution in [0.3, 0.4) is 0 Å². The first kappa shape index (κ1) is 36.2. The van der Waals surface area contributed by atoms with E-state index in [4.69, 9.17) is 34.1 Å². The maximum absolute atomic E-state index is 14.4. The molecule has 0 amide bonds. The van der Waals surface area contributed by atoms with E-state index in [1.807, 2.05) is 103 Å². The third kappa shape index (κ3) is 5.80. The zero-order valence-electron chi connectivity index (χ0n) is 28.0. The van der Waals surface area contributed by atoms with Gasteiger partial charge in [0, 0.05) is 43.8 Å². The number of aromatic nitrogens is 8. The topological polar surface area (TPSA) is 152 Å². The predicted octanol–water partition coefficient (Wildman–Crippen LogP) is 6.96. The van der Waals surface area contributed by atoms with Gasteiger partial charge in [-0.3, -0.25) is 0 Å². The van der Waals surface area contributed by atoms with E-state index in [-0.39, 0.29) is 71.7 Å². The van der Waals surface area contributed by atoms with Gasteiger partial charge in [-0.25, -0.2) is 29.9 Å². The summed E-state index contributed by atoms with van der Waals surface area (Å²) in [4.78, 5) is 36.6. The first-order valence-corrected chi connectivity index (χ1v) is 18.5. The Balaban J connectivity index is 0.00000205. The van der Waals surface area contributed by atoms with Crippen LogP contribution in [0.5, 0.6) is 5.75 Å². The second-order valence-corrected chi connectivity index (χ2v) is 14.5. The monoisotopic (exact) mass is 862 g/mol. The van der Waals surface area contributed by atoms with E-state index in [9.17, 15) is 8.42 Å². The summed E-state index contributed by atoms with van der Waals surface area (Å²) in [5.41, 5.74) is 4.87. The van der Waals surface area contributed by atoms with Gasteiger partial charge in [0.2, 0.25) is 0 Å². The second kappa shape index (κ2) is 13.9. The van der Waals surface area contributed by atoms with Crippen LogP contribution in [0.2, 0.25) is 0 Å². The van der Waals surface area contributed by atoms with Crippen molar-refractivity contribution in [2.75, 3.05) is 0 Å². The van der Waals surface area contributed by atoms with Gasteiger partial charge in [0.1, 0.15) is 27.5 Å². The number of nitrogens with one attached hydrogen (secondary N) is 2. The number of hydrogen-bond acceptors (Lipinski definition) is 9. The molecule has 264 valence electrons. The molecule has 0 aliphatic carbocycles. The van der Waals surface area contributed by atoms with Crippen LogP contribution >= 0.6 is 0 Å². The van der Waals surface area contributed by atoms with Crippen LogP contribution in [-0.4, -0.2) is 104 Å². The quantitative estimate of drug-likeness (QED) is 0.142. The predicted molar refractivity (Wildman–Crippen MR) is 225 cm³/mol. The zero-order chi connectivity index (χ0) is 36.0. The molecule has 11 nitrogen and oxygen atoms in total. The van der Waals surface area contributed by atoms with Gasteiger partial charge in [0.05, 0.1) is 5.39 Å². The summed E-state index contributed by atoms with van der Waals surface area (Å²) in [7, 11) is -4.42. The second-order valence-electron chi connectivity index (χ2n) is 12.9. The van der Waals surface area contributed by atoms with Crippen LogP contribution < -0.4 is 4.18 Å². The fourth-order valence-corrected chi connectivity index (χ4v) is 8.47. The minimum atomic E-state index is -4.42. The number of rotatable bonds is 3. The SMILES string of the molecule is O=S(=O)(Oc1cccc2ccccc12)c1cccc2c3nc4nc(nc5[nH]c(nc6nc(nc([nH]3)c12)-c1ccccc1-6)c1ccccc51)-c1ccccc1-4.[InH3].[NaH]. The summed E-state index contributed by atoms with van der Waals surface area (Å²) in [5, 5.41) is 4.07. The van der Waals surface area contributed by atoms with Gasteiger partial charge in [-0.15, -0.1) is 0 Å². The summed E-state index contributed by atoms with van der Waals surface area (Å²) in [5.74, 6) is 1.90. The standard InChI is InChI=1S/C42H24N8O3S.In.Na.4H/c51-54(52,53-32-21-9-12-23-11-1-2-13-24(23)32)33-22-10-20-31-34(33)42-49-40-30-19-8-7-18-29(30)38(47-40)45-36-26-15-4-3-14-25(26)35(43-36)44-37-27-16-5-6-17-28(27)39(46-37)48-41(31)50-42;;;;;;/h1-22H,(H2,43,44,45,46,47,48,49,50);;;;;;. The molecule has 14 heteroatoms. The molecule has 5 heterocycles. The van der Waals surface area contributed by atoms with E-state index >= 15 is 0 Å². The molecule has 2 N–H and O–H groups in total. The van der Waals surface area contributed by atoms with Crippen molar-refractivity contribution in [3.63, 3.8) is 0 Å². The summed E-state index contributed by atoms with van der Waals surface area (Å²) in [6.45, 7) is 0. The fourth-order valence-electron chi connectivity index (χ4n) is 7.30. The van der Waals surface area contributed by atoms with E-state index < -0.39 is 10.1 Å². The van der Waals surface area contributed by atoms with Crippen molar-refractivity contribution < 1.29 is 12.6 Å². The third-order valence-corrected chi connectivity index (χ3v) is 11.0. The first-order chi connectivity index (χ1) is 26.5. The molecule has 0 fully saturated rings. The van der Waals surface area contributed by atoms with Gasteiger partial charge in [-0.2, -0.15) is 8.42 Å². The Morgan fingerprint density at radius 3 is 1.41 bits per heavy atom. The first-order valence-electron chi connectivity index (χ1n) is 17.1. The zero-order valence-corrected chi connectivity index (χ0v) is 28.8. The van der Waals surface area contributed by atoms with Crippen molar-refractivity contribution in [2.24, 2.45) is 0 Å². The Kier molecular flexibility index (Phi) is 9.01. The number of H-pyrrole nitrogens is 2. The Morgan fingerprint density at radius 2 is 0.839 bits per heavy atom. The van der Waals surface area contributed by atoms with Crippen molar-refractivity contribution in [2.45, 2.75) is 4.90 Å². The Hall–Kier alpha value is -5.44. The normalized spacial score (nSPS) is 11.8. The molecule has 0 radical (unpaired) electrons. The van der Waals surface area contributed by atoms with Crippen molar-refractivity contribution in [3.05, 3.63) is 133 Å². The summed E-state index contributed by atoms with van der Waals surface area (Å²) in [6.07, 6.45) is 0. The van der Waals surface area contributed by atoms with Gasteiger partial charge in [0.15, 0.2) is 29.0 Å². The van der Waals surface area contributed by atoms with Gasteiger partial charge in [-0.05, 0) is 17.5 Å². The third-order valence-electron chi connectivity index (χ3n) is 9.76. The van der Waals surface area contributed by atoms with E-state index in [1.165, 1.54) is 6.07 Å². The van der Waals surface area contributed by atoms with E-state index in [1.54, 1.807) is 24.3 Å². The molecule has 0 saturated carbocycles. The molecule has 0 spiro atoms. The number of fused-ring (bicyclic) bond motifs is 21. The molecule has 56 heavy (non-hydrogen) atoms. The number of hydrogen-bond donors (Lipinski definition) is 2. The molecule has 0 saturated heterocycles. The molecule has 3 aromatic heterocycles. The van der Waals surface area contributed by atoms with Crippen molar-refractivity contribution in [1.29, 1.82) is 0 Å². The molecule has 2 aliphatic heterocycles. The van der Waals surface area contributed by atoms with Gasteiger partial charge >= 0.3 is 65.5 Å². The minimum absolute atomic E-state index is 0. The van der Waals surface area contributed by atoms with Crippen molar-refractivity contribution >= 4 is 120 Å². The molecule has 0 unspecified atom stereocenters. The summed E-state index contributed by atoms with van der Waals surface area (Å²) >= 11 is 0. The van der Waals surface area contributed by atoms with Crippen LogP contribution in [-0.2, 0) is 10.1 Å². The average Bonchev–Trinajstić information content (AvgIpc) is 3.94. The van der Waals surface area contributed by atoms with Crippen LogP contribution in [0.1, 0.15) is 0 Å². The van der Waals surface area contributed by atoms with Gasteiger partial charge < -0.3 is 14.2 Å². The average molecular weight is 863 g/mol. The molecule has 11 rings (SSSR count). The number of benzene rings is 6. The van der Waals surface area contributed by atoms with E-state index in [2.05, 4.69) is 9.97 Å². The van der Waals surface area contributed by atoms with Crippen LogP contribution in [0, 0.1) is 0 Å². The number of nitrogens with zero attached hydrogens (tertiary/aromatic N) is 6. The van der Waals surface area contributed by atoms with Crippen molar-refractivity contribution in [1.82, 2.24) is 39.9 Å². The van der Waals surface area contributed by atoms with E-state index in [0.717, 1.165) is 38.4 Å². The molecule has 9 aromatic rings. The molecule has 6 aromatic carbocycles. The van der Waals surface area contributed by atoms with Gasteiger partial charge in [-0.1, -0.05) is 121 Å². The van der Waals surface area contributed by atoms with Gasteiger partial charge in [0.25, 0.3) is 0 Å². The fraction of sp³-hybridized carbons (Fsp3) is 0. The molecule has 0 atom stereocenters. The molecule has 2 aliphatic rings. The summed E-state index contributed by atoms with van der Waals surface area (Å²) in [6, 6.07) is 41.1. The van der Waals surface area contributed by atoms with Crippen molar-refractivity contribution in [3.8, 4) is 51.3 Å². The number of aromatic amines is 2. The van der Waals surface area contributed by atoms with E-state index in [0.29, 0.717) is 56.4 Å². The van der Waals surface area contributed by atoms with Crippen LogP contribution in [0.15, 0.2) is 138 Å². The molecular formula is C42H28InN8NaO3S. The summed E-state index contributed by atoms with van der Waals surface area (Å²) < 4.78 is 34.6. The Bertz CT molecular complexity index is 3360. The Morgan fingerprint density at radius 1 is 0.429 bits per heavy atom. The molecular weight excluding hydrogens is 834 g/mol. The Labute approximate surface area is 359 Å². The molecule has 8 bridgehead atoms. The van der Waals surface area contributed by atoms with Crippen LogP contribution in [0.25, 0.3) is 100 Å². The maximum atomic E-state index is 14.4.